The van der Waals surface area contributed by atoms with E-state index in [0.29, 0.717) is 5.56 Å². The number of benzene rings is 2. The van der Waals surface area contributed by atoms with Crippen molar-refractivity contribution >= 4 is 33.1 Å². The summed E-state index contributed by atoms with van der Waals surface area (Å²) in [5, 5.41) is 3.95. The number of rotatable bonds is 2. The summed E-state index contributed by atoms with van der Waals surface area (Å²) < 4.78 is 1.09. The van der Waals surface area contributed by atoms with Crippen LogP contribution in [-0.2, 0) is 0 Å². The molecule has 0 saturated heterocycles. The molecule has 20 heavy (non-hydrogen) atoms. The number of fused-ring (bicyclic) bond motifs is 1. The Bertz CT molecular complexity index is 775. The van der Waals surface area contributed by atoms with Crippen molar-refractivity contribution in [1.82, 2.24) is 4.98 Å². The Labute approximate surface area is 121 Å². The van der Waals surface area contributed by atoms with Crippen LogP contribution in [0, 0.1) is 13.8 Å². The molecule has 3 nitrogen and oxygen atoms in total. The number of thiazole rings is 1. The van der Waals surface area contributed by atoms with Crippen LogP contribution in [0.25, 0.3) is 10.2 Å². The largest absolute Gasteiger partial charge is 0.322 e. The summed E-state index contributed by atoms with van der Waals surface area (Å²) in [6.07, 6.45) is 0. The van der Waals surface area contributed by atoms with Crippen LogP contribution in [0.1, 0.15) is 20.9 Å². The maximum atomic E-state index is 12.1. The maximum Gasteiger partial charge on any atom is 0.255 e. The van der Waals surface area contributed by atoms with Gasteiger partial charge in [0, 0.05) is 11.3 Å². The fourth-order valence-electron chi connectivity index (χ4n) is 2.03. The third-order valence-corrected chi connectivity index (χ3v) is 4.00. The van der Waals surface area contributed by atoms with Crippen LogP contribution in [0.5, 0.6) is 0 Å². The molecule has 0 bridgehead atoms. The van der Waals surface area contributed by atoms with Gasteiger partial charge in [0.05, 0.1) is 15.2 Å². The lowest BCUT2D eigenvalue weighted by Crippen LogP contribution is -2.11. The zero-order valence-corrected chi connectivity index (χ0v) is 12.1. The third-order valence-electron chi connectivity index (χ3n) is 3.07. The van der Waals surface area contributed by atoms with Gasteiger partial charge in [-0.3, -0.25) is 4.79 Å². The van der Waals surface area contributed by atoms with Crippen LogP contribution in [0.4, 0.5) is 5.69 Å². The molecule has 0 unspecified atom stereocenters. The minimum absolute atomic E-state index is 0.0920. The first-order chi connectivity index (χ1) is 9.61. The van der Waals surface area contributed by atoms with E-state index in [2.05, 4.69) is 10.3 Å². The smallest absolute Gasteiger partial charge is 0.255 e. The number of hydrogen-bond donors (Lipinski definition) is 1. The Morgan fingerprint density at radius 3 is 2.60 bits per heavy atom. The normalized spacial score (nSPS) is 10.7. The molecule has 0 saturated carbocycles. The van der Waals surface area contributed by atoms with Crippen molar-refractivity contribution in [3.8, 4) is 0 Å². The molecule has 1 aromatic heterocycles. The predicted octanol–water partition coefficient (Wildman–Crippen LogP) is 4.17. The second kappa shape index (κ2) is 5.06. The van der Waals surface area contributed by atoms with Gasteiger partial charge in [0.15, 0.2) is 0 Å². The number of nitrogens with zero attached hydrogens (tertiary/aromatic N) is 1. The van der Waals surface area contributed by atoms with Crippen LogP contribution in [0.2, 0.25) is 0 Å². The molecular formula is C16H14N2OS. The van der Waals surface area contributed by atoms with Gasteiger partial charge in [-0.1, -0.05) is 17.7 Å². The first-order valence-corrected chi connectivity index (χ1v) is 7.19. The van der Waals surface area contributed by atoms with E-state index in [0.717, 1.165) is 26.5 Å². The van der Waals surface area contributed by atoms with Crippen molar-refractivity contribution in [3.63, 3.8) is 0 Å². The van der Waals surface area contributed by atoms with E-state index in [4.69, 9.17) is 0 Å². The summed E-state index contributed by atoms with van der Waals surface area (Å²) in [7, 11) is 0. The van der Waals surface area contributed by atoms with E-state index in [-0.39, 0.29) is 5.91 Å². The summed E-state index contributed by atoms with van der Waals surface area (Å²) in [6, 6.07) is 13.3. The van der Waals surface area contributed by atoms with Gasteiger partial charge in [0.2, 0.25) is 0 Å². The average molecular weight is 282 g/mol. The van der Waals surface area contributed by atoms with E-state index in [1.807, 2.05) is 56.3 Å². The Kier molecular flexibility index (Phi) is 3.24. The fourth-order valence-corrected chi connectivity index (χ4v) is 2.89. The van der Waals surface area contributed by atoms with E-state index in [9.17, 15) is 4.79 Å². The minimum Gasteiger partial charge on any atom is -0.322 e. The van der Waals surface area contributed by atoms with Gasteiger partial charge >= 0.3 is 0 Å². The van der Waals surface area contributed by atoms with E-state index >= 15 is 0 Å². The molecule has 0 fully saturated rings. The van der Waals surface area contributed by atoms with E-state index < -0.39 is 0 Å². The highest BCUT2D eigenvalue weighted by Crippen LogP contribution is 2.25. The number of carbonyl (C=O) groups excluding carboxylic acids is 1. The molecule has 0 spiro atoms. The lowest BCUT2D eigenvalue weighted by molar-refractivity contribution is 0.102. The molecule has 3 rings (SSSR count). The Morgan fingerprint density at radius 2 is 1.85 bits per heavy atom. The number of aryl methyl sites for hydroxylation is 2. The number of nitrogens with one attached hydrogen (secondary N) is 1. The van der Waals surface area contributed by atoms with Gasteiger partial charge in [0.25, 0.3) is 5.91 Å². The van der Waals surface area contributed by atoms with Crippen molar-refractivity contribution in [1.29, 1.82) is 0 Å². The van der Waals surface area contributed by atoms with Crippen LogP contribution in [0.15, 0.2) is 42.5 Å². The molecule has 100 valence electrons. The predicted molar refractivity (Wildman–Crippen MR) is 83.5 cm³/mol. The molecule has 2 aromatic carbocycles. The zero-order valence-electron chi connectivity index (χ0n) is 11.3. The van der Waals surface area contributed by atoms with Crippen LogP contribution in [-0.4, -0.2) is 10.9 Å². The van der Waals surface area contributed by atoms with Crippen molar-refractivity contribution in [2.24, 2.45) is 0 Å². The Balaban J connectivity index is 1.84. The topological polar surface area (TPSA) is 42.0 Å². The minimum atomic E-state index is -0.0920. The van der Waals surface area contributed by atoms with Crippen molar-refractivity contribution < 1.29 is 4.79 Å². The van der Waals surface area contributed by atoms with Crippen LogP contribution in [0.3, 0.4) is 0 Å². The van der Waals surface area contributed by atoms with Gasteiger partial charge in [-0.25, -0.2) is 4.98 Å². The molecular weight excluding hydrogens is 268 g/mol. The molecule has 0 aliphatic heterocycles. The van der Waals surface area contributed by atoms with Crippen molar-refractivity contribution in [3.05, 3.63) is 58.6 Å². The van der Waals surface area contributed by atoms with Gasteiger partial charge in [0.1, 0.15) is 0 Å². The van der Waals surface area contributed by atoms with E-state index in [1.54, 1.807) is 11.3 Å². The molecule has 0 aliphatic carbocycles. The first-order valence-electron chi connectivity index (χ1n) is 6.37. The molecule has 0 atom stereocenters. The molecule has 0 radical (unpaired) electrons. The highest BCUT2D eigenvalue weighted by Gasteiger charge is 2.07. The van der Waals surface area contributed by atoms with E-state index in [1.165, 1.54) is 0 Å². The quantitative estimate of drug-likeness (QED) is 0.766. The van der Waals surface area contributed by atoms with Gasteiger partial charge in [-0.2, -0.15) is 0 Å². The molecule has 0 aliphatic rings. The average Bonchev–Trinajstić information content (AvgIpc) is 2.78. The van der Waals surface area contributed by atoms with Crippen LogP contribution < -0.4 is 5.32 Å². The maximum absolute atomic E-state index is 12.1. The Hall–Kier alpha value is -2.20. The Morgan fingerprint density at radius 1 is 1.10 bits per heavy atom. The molecule has 1 amide bonds. The van der Waals surface area contributed by atoms with Crippen LogP contribution >= 0.6 is 11.3 Å². The summed E-state index contributed by atoms with van der Waals surface area (Å²) in [6.45, 7) is 3.98. The number of carbonyl (C=O) groups is 1. The molecule has 1 heterocycles. The second-order valence-electron chi connectivity index (χ2n) is 4.74. The lowest BCUT2D eigenvalue weighted by atomic mass is 10.1. The highest BCUT2D eigenvalue weighted by atomic mass is 32.1. The summed E-state index contributed by atoms with van der Waals surface area (Å²) >= 11 is 1.63. The SMILES string of the molecule is Cc1ccc(C(=O)Nc2ccc3nc(C)sc3c2)cc1. The molecule has 3 aromatic rings. The third kappa shape index (κ3) is 2.56. The summed E-state index contributed by atoms with van der Waals surface area (Å²) in [5.74, 6) is -0.0920. The van der Waals surface area contributed by atoms with Gasteiger partial charge < -0.3 is 5.32 Å². The number of amides is 1. The number of aromatic nitrogens is 1. The summed E-state index contributed by atoms with van der Waals surface area (Å²) in [5.41, 5.74) is 3.58. The fraction of sp³-hybridized carbons (Fsp3) is 0.125. The molecule has 1 N–H and O–H groups in total. The van der Waals surface area contributed by atoms with Crippen molar-refractivity contribution in [2.45, 2.75) is 13.8 Å². The highest BCUT2D eigenvalue weighted by molar-refractivity contribution is 7.18. The number of anilines is 1. The summed E-state index contributed by atoms with van der Waals surface area (Å²) in [4.78, 5) is 16.6. The second-order valence-corrected chi connectivity index (χ2v) is 5.97. The standard InChI is InChI=1S/C16H14N2OS/c1-10-3-5-12(6-4-10)16(19)18-13-7-8-14-15(9-13)20-11(2)17-14/h3-9H,1-2H3,(H,18,19). The van der Waals surface area contributed by atoms with Gasteiger partial charge in [-0.15, -0.1) is 11.3 Å². The first kappa shape index (κ1) is 12.8. The number of hydrogen-bond acceptors (Lipinski definition) is 3. The van der Waals surface area contributed by atoms with Gasteiger partial charge in [-0.05, 0) is 44.2 Å². The molecule has 4 heteroatoms. The lowest BCUT2D eigenvalue weighted by Gasteiger charge is -2.05. The van der Waals surface area contributed by atoms with Crippen molar-refractivity contribution in [2.75, 3.05) is 5.32 Å². The monoisotopic (exact) mass is 282 g/mol. The zero-order chi connectivity index (χ0) is 14.1.